The molecule has 2 heterocycles. The van der Waals surface area contributed by atoms with Gasteiger partial charge in [-0.2, -0.15) is 0 Å². The zero-order chi connectivity index (χ0) is 14.7. The molecule has 1 amide bonds. The van der Waals surface area contributed by atoms with Crippen LogP contribution in [0.15, 0.2) is 29.3 Å². The normalized spacial score (nSPS) is 22.0. The maximum atomic E-state index is 11.9. The number of guanidine groups is 1. The predicted molar refractivity (Wildman–Crippen MR) is 84.4 cm³/mol. The highest BCUT2D eigenvalue weighted by atomic mass is 16.2. The lowest BCUT2D eigenvalue weighted by molar-refractivity contribution is -0.119. The van der Waals surface area contributed by atoms with Crippen LogP contribution in [0.3, 0.4) is 0 Å². The first-order valence-electron chi connectivity index (χ1n) is 7.66. The summed E-state index contributed by atoms with van der Waals surface area (Å²) in [5.74, 6) is 1.11. The molecule has 0 aromatic heterocycles. The van der Waals surface area contributed by atoms with E-state index in [1.54, 1.807) is 0 Å². The van der Waals surface area contributed by atoms with Gasteiger partial charge in [0.1, 0.15) is 0 Å². The average Bonchev–Trinajstić information content (AvgIpc) is 2.92. The minimum Gasteiger partial charge on any atom is -0.352 e. The van der Waals surface area contributed by atoms with Gasteiger partial charge in [0.2, 0.25) is 5.91 Å². The molecule has 0 bridgehead atoms. The van der Waals surface area contributed by atoms with Crippen molar-refractivity contribution in [3.05, 3.63) is 29.8 Å². The first kappa shape index (κ1) is 13.9. The Morgan fingerprint density at radius 3 is 2.81 bits per heavy atom. The van der Waals surface area contributed by atoms with E-state index in [0.717, 1.165) is 44.1 Å². The van der Waals surface area contributed by atoms with Crippen molar-refractivity contribution < 1.29 is 4.79 Å². The largest absolute Gasteiger partial charge is 0.352 e. The third-order valence-corrected chi connectivity index (χ3v) is 3.94. The van der Waals surface area contributed by atoms with Crippen LogP contribution < -0.4 is 15.5 Å². The van der Waals surface area contributed by atoms with E-state index in [2.05, 4.69) is 34.7 Å². The molecule has 1 fully saturated rings. The first-order chi connectivity index (χ1) is 10.2. The van der Waals surface area contributed by atoms with Crippen LogP contribution >= 0.6 is 0 Å². The number of carbonyl (C=O) groups is 1. The van der Waals surface area contributed by atoms with Crippen molar-refractivity contribution in [2.45, 2.75) is 38.8 Å². The van der Waals surface area contributed by atoms with Gasteiger partial charge in [-0.25, -0.2) is 0 Å². The number of hydrogen-bond donors (Lipinski definition) is 2. The summed E-state index contributed by atoms with van der Waals surface area (Å²) in [6, 6.07) is 8.63. The van der Waals surface area contributed by atoms with Crippen LogP contribution in [0.4, 0.5) is 5.69 Å². The van der Waals surface area contributed by atoms with Gasteiger partial charge in [0.05, 0.1) is 6.54 Å². The summed E-state index contributed by atoms with van der Waals surface area (Å²) in [5.41, 5.74) is 2.20. The van der Waals surface area contributed by atoms with Crippen molar-refractivity contribution in [1.29, 1.82) is 0 Å². The highest BCUT2D eigenvalue weighted by Crippen LogP contribution is 2.21. The molecular formula is C16H22N4O. The van der Waals surface area contributed by atoms with Crippen LogP contribution in [0, 0.1) is 0 Å². The molecule has 1 aromatic rings. The summed E-state index contributed by atoms with van der Waals surface area (Å²) in [7, 11) is 0. The Morgan fingerprint density at radius 1 is 1.33 bits per heavy atom. The van der Waals surface area contributed by atoms with E-state index in [-0.39, 0.29) is 5.91 Å². The van der Waals surface area contributed by atoms with E-state index in [1.807, 2.05) is 17.0 Å². The van der Waals surface area contributed by atoms with Gasteiger partial charge in [-0.15, -0.1) is 0 Å². The number of rotatable bonds is 3. The van der Waals surface area contributed by atoms with Crippen molar-refractivity contribution in [2.75, 3.05) is 18.0 Å². The zero-order valence-electron chi connectivity index (χ0n) is 12.4. The molecule has 2 N–H and O–H groups in total. The number of piperidine rings is 1. The van der Waals surface area contributed by atoms with E-state index in [0.29, 0.717) is 12.5 Å². The second-order valence-corrected chi connectivity index (χ2v) is 5.76. The van der Waals surface area contributed by atoms with Crippen molar-refractivity contribution >= 4 is 17.6 Å². The zero-order valence-corrected chi connectivity index (χ0v) is 12.4. The number of anilines is 1. The summed E-state index contributed by atoms with van der Waals surface area (Å²) >= 11 is 0. The highest BCUT2D eigenvalue weighted by Gasteiger charge is 2.19. The fraction of sp³-hybridized carbons (Fsp3) is 0.500. The molecule has 21 heavy (non-hydrogen) atoms. The van der Waals surface area contributed by atoms with Crippen LogP contribution in [0.1, 0.15) is 31.7 Å². The Labute approximate surface area is 125 Å². The number of aliphatic imine (C=N–C) groups is 1. The molecule has 112 valence electrons. The molecule has 1 aromatic carbocycles. The smallest absolute Gasteiger partial charge is 0.226 e. The first-order valence-corrected chi connectivity index (χ1v) is 7.66. The van der Waals surface area contributed by atoms with Crippen LogP contribution in [0.2, 0.25) is 0 Å². The number of benzene rings is 1. The Bertz CT molecular complexity index is 538. The SMILES string of the molecule is CC1CN=C(NCc2ccc(N3CCCCC3=O)cc2)N1. The molecule has 1 atom stereocenters. The van der Waals surface area contributed by atoms with Gasteiger partial charge >= 0.3 is 0 Å². The molecule has 0 aliphatic carbocycles. The van der Waals surface area contributed by atoms with Gasteiger partial charge in [-0.1, -0.05) is 12.1 Å². The molecule has 1 saturated heterocycles. The van der Waals surface area contributed by atoms with Gasteiger partial charge in [-0.3, -0.25) is 9.79 Å². The number of amides is 1. The summed E-state index contributed by atoms with van der Waals surface area (Å²) in [6.45, 7) is 4.53. The van der Waals surface area contributed by atoms with Gasteiger partial charge < -0.3 is 15.5 Å². The second kappa shape index (κ2) is 6.16. The van der Waals surface area contributed by atoms with Gasteiger partial charge in [0.25, 0.3) is 0 Å². The van der Waals surface area contributed by atoms with Crippen LogP contribution in [-0.2, 0) is 11.3 Å². The van der Waals surface area contributed by atoms with Crippen LogP contribution in [0.5, 0.6) is 0 Å². The fourth-order valence-electron chi connectivity index (χ4n) is 2.72. The van der Waals surface area contributed by atoms with E-state index < -0.39 is 0 Å². The van der Waals surface area contributed by atoms with Crippen molar-refractivity contribution in [3.63, 3.8) is 0 Å². The van der Waals surface area contributed by atoms with E-state index >= 15 is 0 Å². The summed E-state index contributed by atoms with van der Waals surface area (Å²) in [4.78, 5) is 18.2. The summed E-state index contributed by atoms with van der Waals surface area (Å²) in [6.07, 6.45) is 2.79. The summed E-state index contributed by atoms with van der Waals surface area (Å²) in [5, 5.41) is 6.57. The lowest BCUT2D eigenvalue weighted by Gasteiger charge is -2.26. The number of nitrogens with one attached hydrogen (secondary N) is 2. The van der Waals surface area contributed by atoms with Crippen LogP contribution in [0.25, 0.3) is 0 Å². The minimum atomic E-state index is 0.241. The Hall–Kier alpha value is -2.04. The molecule has 0 spiro atoms. The van der Waals surface area contributed by atoms with E-state index in [4.69, 9.17) is 0 Å². The molecule has 2 aliphatic rings. The maximum absolute atomic E-state index is 11.9. The molecule has 3 rings (SSSR count). The third-order valence-electron chi connectivity index (χ3n) is 3.94. The predicted octanol–water partition coefficient (Wildman–Crippen LogP) is 1.64. The van der Waals surface area contributed by atoms with E-state index in [9.17, 15) is 4.79 Å². The third kappa shape index (κ3) is 3.35. The van der Waals surface area contributed by atoms with Gasteiger partial charge in [0.15, 0.2) is 5.96 Å². The Morgan fingerprint density at radius 2 is 2.14 bits per heavy atom. The standard InChI is InChI=1S/C16H22N4O/c1-12-10-17-16(19-12)18-11-13-5-7-14(8-6-13)20-9-3-2-4-15(20)21/h5-8,12H,2-4,9-11H2,1H3,(H2,17,18,19). The maximum Gasteiger partial charge on any atom is 0.226 e. The lowest BCUT2D eigenvalue weighted by Crippen LogP contribution is -2.37. The fourth-order valence-corrected chi connectivity index (χ4v) is 2.72. The number of nitrogens with zero attached hydrogens (tertiary/aromatic N) is 2. The monoisotopic (exact) mass is 286 g/mol. The Balaban J connectivity index is 1.57. The average molecular weight is 286 g/mol. The second-order valence-electron chi connectivity index (χ2n) is 5.76. The lowest BCUT2D eigenvalue weighted by atomic mass is 10.1. The number of carbonyl (C=O) groups excluding carboxylic acids is 1. The van der Waals surface area contributed by atoms with Crippen LogP contribution in [-0.4, -0.2) is 31.0 Å². The molecule has 0 saturated carbocycles. The summed E-state index contributed by atoms with van der Waals surface area (Å²) < 4.78 is 0. The molecule has 5 nitrogen and oxygen atoms in total. The molecule has 1 unspecified atom stereocenters. The molecule has 0 radical (unpaired) electrons. The number of hydrogen-bond acceptors (Lipinski definition) is 4. The van der Waals surface area contributed by atoms with E-state index in [1.165, 1.54) is 5.56 Å². The van der Waals surface area contributed by atoms with Crippen molar-refractivity contribution in [2.24, 2.45) is 4.99 Å². The quantitative estimate of drug-likeness (QED) is 0.888. The minimum absolute atomic E-state index is 0.241. The topological polar surface area (TPSA) is 56.7 Å². The molecule has 2 aliphatic heterocycles. The molecular weight excluding hydrogens is 264 g/mol. The molecule has 5 heteroatoms. The van der Waals surface area contributed by atoms with Crippen molar-refractivity contribution in [1.82, 2.24) is 10.6 Å². The van der Waals surface area contributed by atoms with Gasteiger partial charge in [-0.05, 0) is 37.5 Å². The highest BCUT2D eigenvalue weighted by molar-refractivity contribution is 5.93. The van der Waals surface area contributed by atoms with Gasteiger partial charge in [0, 0.05) is 31.2 Å². The van der Waals surface area contributed by atoms with Crippen molar-refractivity contribution in [3.8, 4) is 0 Å². The Kier molecular flexibility index (Phi) is 4.08.